The molecule has 0 aliphatic rings. The number of hydrogen-bond acceptors (Lipinski definition) is 7. The highest BCUT2D eigenvalue weighted by molar-refractivity contribution is 5.88. The van der Waals surface area contributed by atoms with E-state index in [0.29, 0.717) is 0 Å². The fourth-order valence-corrected chi connectivity index (χ4v) is 1.41. The van der Waals surface area contributed by atoms with Crippen LogP contribution in [0.3, 0.4) is 0 Å². The molecule has 23 heavy (non-hydrogen) atoms. The van der Waals surface area contributed by atoms with E-state index in [2.05, 4.69) is 68.5 Å². The number of fused-ring (bicyclic) bond motifs is 1. The SMILES string of the molecule is N=C(OC(N)=O)OC(=O)OC(=O)O.c1ccc2ccccc2c1. The molecule has 0 bridgehead atoms. The second-order valence-corrected chi connectivity index (χ2v) is 3.78. The van der Waals surface area contributed by atoms with E-state index in [-0.39, 0.29) is 0 Å². The quantitative estimate of drug-likeness (QED) is 0.292. The Morgan fingerprint density at radius 1 is 0.870 bits per heavy atom. The molecule has 2 rings (SSSR count). The molecule has 0 fully saturated rings. The molecule has 0 heterocycles. The van der Waals surface area contributed by atoms with E-state index >= 15 is 0 Å². The van der Waals surface area contributed by atoms with Crippen LogP contribution in [0.2, 0.25) is 0 Å². The van der Waals surface area contributed by atoms with Crippen LogP contribution in [0.4, 0.5) is 14.4 Å². The van der Waals surface area contributed by atoms with Crippen LogP contribution in [0.15, 0.2) is 48.5 Å². The van der Waals surface area contributed by atoms with Gasteiger partial charge in [-0.25, -0.2) is 19.8 Å². The zero-order valence-electron chi connectivity index (χ0n) is 11.6. The van der Waals surface area contributed by atoms with Crippen molar-refractivity contribution in [3.8, 4) is 0 Å². The molecule has 0 radical (unpaired) electrons. The summed E-state index contributed by atoms with van der Waals surface area (Å²) in [5, 5.41) is 17.0. The number of benzene rings is 2. The summed E-state index contributed by atoms with van der Waals surface area (Å²) in [6.45, 7) is 0. The van der Waals surface area contributed by atoms with Gasteiger partial charge in [-0.05, 0) is 10.8 Å². The number of nitrogens with two attached hydrogens (primary N) is 1. The van der Waals surface area contributed by atoms with Crippen molar-refractivity contribution in [2.24, 2.45) is 5.73 Å². The zero-order valence-corrected chi connectivity index (χ0v) is 11.6. The Kier molecular flexibility index (Phi) is 6.53. The van der Waals surface area contributed by atoms with Crippen LogP contribution in [0.25, 0.3) is 10.8 Å². The highest BCUT2D eigenvalue weighted by Gasteiger charge is 2.15. The fraction of sp³-hybridized carbons (Fsp3) is 0. The van der Waals surface area contributed by atoms with Gasteiger partial charge in [-0.1, -0.05) is 48.5 Å². The van der Waals surface area contributed by atoms with Crippen molar-refractivity contribution in [1.82, 2.24) is 0 Å². The number of amides is 1. The summed E-state index contributed by atoms with van der Waals surface area (Å²) in [6.07, 6.45) is -6.30. The molecule has 4 N–H and O–H groups in total. The summed E-state index contributed by atoms with van der Waals surface area (Å²) in [5.41, 5.74) is 4.42. The summed E-state index contributed by atoms with van der Waals surface area (Å²) in [7, 11) is 0. The third-order valence-corrected chi connectivity index (χ3v) is 2.20. The topological polar surface area (TPSA) is 149 Å². The number of primary amides is 1. The van der Waals surface area contributed by atoms with Crippen molar-refractivity contribution in [3.63, 3.8) is 0 Å². The van der Waals surface area contributed by atoms with Crippen LogP contribution in [0.1, 0.15) is 0 Å². The molecule has 0 saturated heterocycles. The van der Waals surface area contributed by atoms with E-state index in [4.69, 9.17) is 10.5 Å². The molecule has 0 atom stereocenters. The molecule has 2 aromatic rings. The number of ether oxygens (including phenoxy) is 3. The molecule has 0 aliphatic carbocycles. The van der Waals surface area contributed by atoms with Crippen LogP contribution in [-0.2, 0) is 14.2 Å². The van der Waals surface area contributed by atoms with E-state index in [0.717, 1.165) is 0 Å². The maximum Gasteiger partial charge on any atom is 0.527 e. The third kappa shape index (κ3) is 7.09. The van der Waals surface area contributed by atoms with Crippen molar-refractivity contribution in [2.75, 3.05) is 0 Å². The van der Waals surface area contributed by atoms with Crippen LogP contribution >= 0.6 is 0 Å². The maximum atomic E-state index is 10.2. The summed E-state index contributed by atoms with van der Waals surface area (Å²) in [6, 6.07) is 16.7. The van der Waals surface area contributed by atoms with Gasteiger partial charge >= 0.3 is 24.5 Å². The molecule has 9 heteroatoms. The van der Waals surface area contributed by atoms with Gasteiger partial charge in [0.15, 0.2) is 0 Å². The molecule has 1 amide bonds. The number of carboxylic acid groups (broad SMARTS) is 1. The molecule has 2 aromatic carbocycles. The number of carbonyl (C=O) groups excluding carboxylic acids is 2. The van der Waals surface area contributed by atoms with Crippen molar-refractivity contribution < 1.29 is 33.7 Å². The monoisotopic (exact) mass is 320 g/mol. The van der Waals surface area contributed by atoms with Gasteiger partial charge in [0.1, 0.15) is 0 Å². The van der Waals surface area contributed by atoms with E-state index < -0.39 is 24.5 Å². The molecule has 0 aromatic heterocycles. The Bertz CT molecular complexity index is 638. The normalized spacial score (nSPS) is 9.04. The molecule has 0 aliphatic heterocycles. The smallest absolute Gasteiger partial charge is 0.449 e. The van der Waals surface area contributed by atoms with Crippen molar-refractivity contribution >= 4 is 35.3 Å². The number of carbonyl (C=O) groups is 3. The second-order valence-electron chi connectivity index (χ2n) is 3.78. The number of nitrogens with one attached hydrogen (secondary N) is 1. The molecule has 0 saturated carbocycles. The summed E-state index contributed by atoms with van der Waals surface area (Å²) < 4.78 is 10.8. The predicted molar refractivity (Wildman–Crippen MR) is 77.9 cm³/mol. The lowest BCUT2D eigenvalue weighted by atomic mass is 10.1. The summed E-state index contributed by atoms with van der Waals surface area (Å²) in [5.74, 6) is 0. The first-order chi connectivity index (χ1) is 10.9. The molecule has 0 spiro atoms. The average molecular weight is 320 g/mol. The van der Waals surface area contributed by atoms with Gasteiger partial charge in [0.05, 0.1) is 0 Å². The van der Waals surface area contributed by atoms with E-state index in [1.165, 1.54) is 10.8 Å². The maximum absolute atomic E-state index is 10.2. The van der Waals surface area contributed by atoms with Gasteiger partial charge in [-0.2, -0.15) is 0 Å². The lowest BCUT2D eigenvalue weighted by Crippen LogP contribution is -2.23. The van der Waals surface area contributed by atoms with Gasteiger partial charge in [0, 0.05) is 0 Å². The van der Waals surface area contributed by atoms with E-state index in [1.54, 1.807) is 0 Å². The molecule has 9 nitrogen and oxygen atoms in total. The fourth-order valence-electron chi connectivity index (χ4n) is 1.41. The third-order valence-electron chi connectivity index (χ3n) is 2.20. The highest BCUT2D eigenvalue weighted by atomic mass is 16.8. The minimum absolute atomic E-state index is 1.28. The van der Waals surface area contributed by atoms with Crippen LogP contribution < -0.4 is 5.73 Å². The van der Waals surface area contributed by atoms with Gasteiger partial charge in [-0.3, -0.25) is 0 Å². The van der Waals surface area contributed by atoms with Crippen molar-refractivity contribution in [1.29, 1.82) is 5.41 Å². The minimum atomic E-state index is -1.92. The highest BCUT2D eigenvalue weighted by Crippen LogP contribution is 2.11. The largest absolute Gasteiger partial charge is 0.527 e. The number of hydrogen-bond donors (Lipinski definition) is 3. The first-order valence-corrected chi connectivity index (χ1v) is 6.00. The van der Waals surface area contributed by atoms with Gasteiger partial charge in [-0.15, -0.1) is 0 Å². The van der Waals surface area contributed by atoms with Gasteiger partial charge in [0.2, 0.25) is 0 Å². The average Bonchev–Trinajstić information content (AvgIpc) is 2.46. The molecule has 0 unspecified atom stereocenters. The lowest BCUT2D eigenvalue weighted by molar-refractivity contribution is 0.0750. The lowest BCUT2D eigenvalue weighted by Gasteiger charge is -2.00. The first-order valence-electron chi connectivity index (χ1n) is 6.00. The first kappa shape index (κ1) is 17.4. The molecular weight excluding hydrogens is 308 g/mol. The Hall–Kier alpha value is -3.62. The second kappa shape index (κ2) is 8.62. The van der Waals surface area contributed by atoms with E-state index in [9.17, 15) is 14.4 Å². The predicted octanol–water partition coefficient (Wildman–Crippen LogP) is 2.69. The summed E-state index contributed by atoms with van der Waals surface area (Å²) in [4.78, 5) is 29.9. The van der Waals surface area contributed by atoms with Gasteiger partial charge < -0.3 is 25.1 Å². The standard InChI is InChI=1S/C10H8.C4H4N2O7/c1-2-6-10-8-4-3-7-9(10)5-1;5-1(7)11-2(6)12-4(10)13-3(8)9/h1-8H;6H,(H2,5,7)(H,8,9). The zero-order chi connectivity index (χ0) is 17.2. The van der Waals surface area contributed by atoms with Gasteiger partial charge in [0.25, 0.3) is 0 Å². The Morgan fingerprint density at radius 2 is 1.30 bits per heavy atom. The Balaban J connectivity index is 0.000000235. The Labute approximate surface area is 129 Å². The van der Waals surface area contributed by atoms with Crippen molar-refractivity contribution in [2.45, 2.75) is 0 Å². The number of rotatable bonds is 0. The minimum Gasteiger partial charge on any atom is -0.449 e. The molecular formula is C14H12N2O7. The van der Waals surface area contributed by atoms with Crippen LogP contribution in [0.5, 0.6) is 0 Å². The van der Waals surface area contributed by atoms with Crippen LogP contribution in [0, 0.1) is 5.41 Å². The molecule has 120 valence electrons. The Morgan fingerprint density at radius 3 is 1.65 bits per heavy atom. The van der Waals surface area contributed by atoms with Crippen LogP contribution in [-0.4, -0.2) is 29.6 Å². The van der Waals surface area contributed by atoms with Crippen molar-refractivity contribution in [3.05, 3.63) is 48.5 Å². The van der Waals surface area contributed by atoms with E-state index in [1.807, 2.05) is 0 Å². The summed E-state index contributed by atoms with van der Waals surface area (Å²) >= 11 is 0.